The smallest absolute Gasteiger partial charge is 0.248 e. The minimum atomic E-state index is -0.272. The highest BCUT2D eigenvalue weighted by atomic mass is 16.7. The van der Waals surface area contributed by atoms with Gasteiger partial charge in [-0.05, 0) is 30.3 Å². The first kappa shape index (κ1) is 15.1. The predicted molar refractivity (Wildman–Crippen MR) is 93.0 cm³/mol. The van der Waals surface area contributed by atoms with Crippen molar-refractivity contribution in [3.05, 3.63) is 54.3 Å². The van der Waals surface area contributed by atoms with Gasteiger partial charge in [0.1, 0.15) is 5.76 Å². The number of furan rings is 1. The fourth-order valence-electron chi connectivity index (χ4n) is 2.62. The molecule has 4 rings (SSSR count). The lowest BCUT2D eigenvalue weighted by atomic mass is 10.2. The Labute approximate surface area is 143 Å². The second-order valence-corrected chi connectivity index (χ2v) is 5.42. The summed E-state index contributed by atoms with van der Waals surface area (Å²) in [6.07, 6.45) is 3.02. The summed E-state index contributed by atoms with van der Waals surface area (Å²) < 4.78 is 21.5. The third-order valence-electron chi connectivity index (χ3n) is 3.79. The van der Waals surface area contributed by atoms with Crippen LogP contribution in [0.4, 0.5) is 5.69 Å². The van der Waals surface area contributed by atoms with E-state index in [1.165, 1.54) is 6.08 Å². The Balaban J connectivity index is 1.49. The highest BCUT2D eigenvalue weighted by Gasteiger charge is 2.13. The molecule has 0 bridgehead atoms. The fourth-order valence-corrected chi connectivity index (χ4v) is 2.62. The molecule has 0 unspecified atom stereocenters. The van der Waals surface area contributed by atoms with Crippen LogP contribution in [0.15, 0.2) is 53.0 Å². The highest BCUT2D eigenvalue weighted by molar-refractivity contribution is 6.02. The Morgan fingerprint density at radius 2 is 2.04 bits per heavy atom. The fraction of sp³-hybridized carbons (Fsp3) is 0.105. The second-order valence-electron chi connectivity index (χ2n) is 5.42. The number of para-hydroxylation sites is 1. The molecule has 0 radical (unpaired) electrons. The number of benzene rings is 2. The molecular formula is C19H15NO5. The number of methoxy groups -OCH3 is 1. The van der Waals surface area contributed by atoms with E-state index in [9.17, 15) is 4.79 Å². The van der Waals surface area contributed by atoms with Gasteiger partial charge >= 0.3 is 0 Å². The molecule has 1 amide bonds. The van der Waals surface area contributed by atoms with Gasteiger partial charge in [0.25, 0.3) is 0 Å². The van der Waals surface area contributed by atoms with Crippen molar-refractivity contribution in [3.8, 4) is 17.2 Å². The molecule has 0 spiro atoms. The molecule has 3 aromatic rings. The van der Waals surface area contributed by atoms with Crippen LogP contribution in [0.2, 0.25) is 0 Å². The van der Waals surface area contributed by atoms with Gasteiger partial charge in [-0.25, -0.2) is 0 Å². The van der Waals surface area contributed by atoms with Crippen molar-refractivity contribution in [1.29, 1.82) is 0 Å². The molecule has 6 nitrogen and oxygen atoms in total. The zero-order chi connectivity index (χ0) is 17.2. The molecule has 1 aliphatic rings. The first-order valence-corrected chi connectivity index (χ1v) is 7.68. The van der Waals surface area contributed by atoms with Crippen LogP contribution in [0.25, 0.3) is 17.0 Å². The lowest BCUT2D eigenvalue weighted by Gasteiger charge is -2.03. The summed E-state index contributed by atoms with van der Waals surface area (Å²) in [5, 5.41) is 3.68. The number of anilines is 1. The Bertz CT molecular complexity index is 973. The summed E-state index contributed by atoms with van der Waals surface area (Å²) in [7, 11) is 1.59. The number of nitrogens with one attached hydrogen (secondary N) is 1. The summed E-state index contributed by atoms with van der Waals surface area (Å²) in [4.78, 5) is 12.1. The van der Waals surface area contributed by atoms with Crippen molar-refractivity contribution in [2.45, 2.75) is 0 Å². The third-order valence-corrected chi connectivity index (χ3v) is 3.79. The first-order chi connectivity index (χ1) is 12.2. The minimum absolute atomic E-state index is 0.197. The molecule has 0 aliphatic carbocycles. The van der Waals surface area contributed by atoms with Crippen LogP contribution in [0.1, 0.15) is 5.76 Å². The molecule has 2 heterocycles. The second kappa shape index (κ2) is 6.24. The maximum absolute atomic E-state index is 12.1. The van der Waals surface area contributed by atoms with Crippen LogP contribution in [0.3, 0.4) is 0 Å². The molecule has 0 saturated heterocycles. The largest absolute Gasteiger partial charge is 0.493 e. The topological polar surface area (TPSA) is 69.9 Å². The van der Waals surface area contributed by atoms with E-state index in [0.717, 1.165) is 5.39 Å². The van der Waals surface area contributed by atoms with Gasteiger partial charge in [0, 0.05) is 23.2 Å². The van der Waals surface area contributed by atoms with Gasteiger partial charge in [-0.15, -0.1) is 0 Å². The summed E-state index contributed by atoms with van der Waals surface area (Å²) in [6.45, 7) is 0.197. The maximum atomic E-state index is 12.1. The maximum Gasteiger partial charge on any atom is 0.248 e. The van der Waals surface area contributed by atoms with Crippen LogP contribution in [-0.4, -0.2) is 19.8 Å². The monoisotopic (exact) mass is 337 g/mol. The van der Waals surface area contributed by atoms with E-state index < -0.39 is 0 Å². The Hall–Kier alpha value is -3.41. The van der Waals surface area contributed by atoms with Crippen molar-refractivity contribution in [3.63, 3.8) is 0 Å². The summed E-state index contributed by atoms with van der Waals surface area (Å²) in [5.74, 6) is 2.24. The van der Waals surface area contributed by atoms with E-state index in [1.54, 1.807) is 31.4 Å². The molecule has 1 aromatic heterocycles. The number of amides is 1. The number of hydrogen-bond acceptors (Lipinski definition) is 5. The number of rotatable bonds is 4. The van der Waals surface area contributed by atoms with Crippen molar-refractivity contribution in [2.75, 3.05) is 19.2 Å². The molecule has 1 N–H and O–H groups in total. The zero-order valence-corrected chi connectivity index (χ0v) is 13.4. The van der Waals surface area contributed by atoms with Gasteiger partial charge in [-0.1, -0.05) is 12.1 Å². The van der Waals surface area contributed by atoms with Gasteiger partial charge in [0.2, 0.25) is 12.7 Å². The standard InChI is InChI=1S/C19H15NO5/c1-22-16-4-2-3-12-9-14(25-19(12)16)6-8-18(21)20-13-5-7-15-17(10-13)24-11-23-15/h2-10H,11H2,1H3,(H,20,21)/b8-6+. The van der Waals surface area contributed by atoms with E-state index in [2.05, 4.69) is 5.32 Å². The van der Waals surface area contributed by atoms with Crippen molar-refractivity contribution >= 4 is 28.6 Å². The van der Waals surface area contributed by atoms with E-state index in [4.69, 9.17) is 18.6 Å². The van der Waals surface area contributed by atoms with Crippen LogP contribution >= 0.6 is 0 Å². The summed E-state index contributed by atoms with van der Waals surface area (Å²) >= 11 is 0. The SMILES string of the molecule is COc1cccc2cc(/C=C/C(=O)Nc3ccc4c(c3)OCO4)oc12. The van der Waals surface area contributed by atoms with Gasteiger partial charge in [0.15, 0.2) is 22.8 Å². The van der Waals surface area contributed by atoms with E-state index in [1.807, 2.05) is 24.3 Å². The molecule has 25 heavy (non-hydrogen) atoms. The van der Waals surface area contributed by atoms with Crippen LogP contribution < -0.4 is 19.5 Å². The Morgan fingerprint density at radius 3 is 2.92 bits per heavy atom. The molecular weight excluding hydrogens is 322 g/mol. The van der Waals surface area contributed by atoms with Gasteiger partial charge < -0.3 is 23.9 Å². The molecule has 126 valence electrons. The molecule has 2 aromatic carbocycles. The normalized spacial score (nSPS) is 12.7. The molecule has 0 atom stereocenters. The average molecular weight is 337 g/mol. The molecule has 1 aliphatic heterocycles. The van der Waals surface area contributed by atoms with Gasteiger partial charge in [0.05, 0.1) is 7.11 Å². The first-order valence-electron chi connectivity index (χ1n) is 7.68. The predicted octanol–water partition coefficient (Wildman–Crippen LogP) is 3.82. The van der Waals surface area contributed by atoms with Crippen molar-refractivity contribution in [2.24, 2.45) is 0 Å². The third kappa shape index (κ3) is 3.01. The average Bonchev–Trinajstić information content (AvgIpc) is 3.25. The van der Waals surface area contributed by atoms with Gasteiger partial charge in [-0.2, -0.15) is 0 Å². The van der Waals surface area contributed by atoms with E-state index >= 15 is 0 Å². The Kier molecular flexibility index (Phi) is 3.78. The zero-order valence-electron chi connectivity index (χ0n) is 13.4. The number of fused-ring (bicyclic) bond motifs is 2. The van der Waals surface area contributed by atoms with Crippen LogP contribution in [-0.2, 0) is 4.79 Å². The van der Waals surface area contributed by atoms with Crippen molar-refractivity contribution < 1.29 is 23.4 Å². The molecule has 6 heteroatoms. The highest BCUT2D eigenvalue weighted by Crippen LogP contribution is 2.34. The number of hydrogen-bond donors (Lipinski definition) is 1. The lowest BCUT2D eigenvalue weighted by molar-refractivity contribution is -0.111. The number of carbonyl (C=O) groups excluding carboxylic acids is 1. The molecule has 0 saturated carbocycles. The van der Waals surface area contributed by atoms with E-state index in [-0.39, 0.29) is 12.7 Å². The van der Waals surface area contributed by atoms with Crippen LogP contribution in [0, 0.1) is 0 Å². The summed E-state index contributed by atoms with van der Waals surface area (Å²) in [5.41, 5.74) is 1.28. The van der Waals surface area contributed by atoms with Crippen LogP contribution in [0.5, 0.6) is 17.2 Å². The molecule has 0 fully saturated rings. The number of carbonyl (C=O) groups is 1. The van der Waals surface area contributed by atoms with E-state index in [0.29, 0.717) is 34.3 Å². The lowest BCUT2D eigenvalue weighted by Crippen LogP contribution is -2.07. The Morgan fingerprint density at radius 1 is 1.16 bits per heavy atom. The van der Waals surface area contributed by atoms with Crippen molar-refractivity contribution in [1.82, 2.24) is 0 Å². The minimum Gasteiger partial charge on any atom is -0.493 e. The van der Waals surface area contributed by atoms with Gasteiger partial charge in [-0.3, -0.25) is 4.79 Å². The quantitative estimate of drug-likeness (QED) is 0.733. The summed E-state index contributed by atoms with van der Waals surface area (Å²) in [6, 6.07) is 12.7. The number of ether oxygens (including phenoxy) is 3.